The Labute approximate surface area is 212 Å². The van der Waals surface area contributed by atoms with Gasteiger partial charge >= 0.3 is 0 Å². The van der Waals surface area contributed by atoms with Gasteiger partial charge in [-0.3, -0.25) is 4.79 Å². The number of aliphatic imine (C=N–C) groups is 1. The van der Waals surface area contributed by atoms with Gasteiger partial charge < -0.3 is 9.88 Å². The van der Waals surface area contributed by atoms with Crippen LogP contribution in [0.25, 0.3) is 17.0 Å². The Balaban J connectivity index is 1.52. The van der Waals surface area contributed by atoms with E-state index in [1.54, 1.807) is 0 Å². The van der Waals surface area contributed by atoms with E-state index in [1.165, 1.54) is 11.8 Å². The fourth-order valence-electron chi connectivity index (χ4n) is 4.05. The Kier molecular flexibility index (Phi) is 6.26. The molecule has 4 aromatic rings. The summed E-state index contributed by atoms with van der Waals surface area (Å²) in [7, 11) is 0. The van der Waals surface area contributed by atoms with E-state index in [2.05, 4.69) is 33.9 Å². The van der Waals surface area contributed by atoms with E-state index in [0.717, 1.165) is 44.0 Å². The van der Waals surface area contributed by atoms with Crippen LogP contribution in [0.3, 0.4) is 0 Å². The Morgan fingerprint density at radius 2 is 1.76 bits per heavy atom. The van der Waals surface area contributed by atoms with E-state index in [0.29, 0.717) is 21.6 Å². The number of para-hydroxylation sites is 1. The molecule has 7 heteroatoms. The van der Waals surface area contributed by atoms with Crippen molar-refractivity contribution < 1.29 is 4.79 Å². The molecule has 0 spiro atoms. The van der Waals surface area contributed by atoms with Crippen LogP contribution in [0.1, 0.15) is 22.4 Å². The van der Waals surface area contributed by atoms with E-state index < -0.39 is 0 Å². The van der Waals surface area contributed by atoms with Gasteiger partial charge in [-0.25, -0.2) is 4.99 Å². The summed E-state index contributed by atoms with van der Waals surface area (Å²) in [4.78, 5) is 18.0. The van der Waals surface area contributed by atoms with Gasteiger partial charge in [-0.2, -0.15) is 0 Å². The quantitative estimate of drug-likeness (QED) is 0.291. The molecule has 3 aromatic carbocycles. The standard InChI is InChI=1S/C27H21Cl2N3OS/c1-16-22(29)7-5-8-23(16)30-27-31-26(33)25(34-27)14-21-17(2)32(24-9-4-3-6-20(21)24)15-18-10-12-19(28)13-11-18/h3-14H,15H2,1-2H3,(H,30,31,33)/b25-14-. The molecule has 0 unspecified atom stereocenters. The van der Waals surface area contributed by atoms with Crippen LogP contribution in [0.5, 0.6) is 0 Å². The highest BCUT2D eigenvalue weighted by atomic mass is 35.5. The summed E-state index contributed by atoms with van der Waals surface area (Å²) in [5.74, 6) is -0.155. The van der Waals surface area contributed by atoms with Crippen LogP contribution in [0.4, 0.5) is 5.69 Å². The maximum atomic E-state index is 12.8. The summed E-state index contributed by atoms with van der Waals surface area (Å²) in [6.07, 6.45) is 1.96. The highest BCUT2D eigenvalue weighted by Crippen LogP contribution is 2.34. The SMILES string of the molecule is Cc1c(Cl)cccc1N=C1NC(=O)/C(=C/c2c(C)n(Cc3ccc(Cl)cc3)c3ccccc23)S1. The molecule has 1 saturated heterocycles. The molecule has 4 nitrogen and oxygen atoms in total. The molecule has 0 saturated carbocycles. The van der Waals surface area contributed by atoms with E-state index in [4.69, 9.17) is 23.2 Å². The molecule has 1 amide bonds. The van der Waals surface area contributed by atoms with Gasteiger partial charge in [0.1, 0.15) is 0 Å². The van der Waals surface area contributed by atoms with Crippen LogP contribution in [0.2, 0.25) is 10.0 Å². The molecule has 0 aliphatic carbocycles. The minimum absolute atomic E-state index is 0.155. The molecule has 1 N–H and O–H groups in total. The number of hydrogen-bond acceptors (Lipinski definition) is 3. The fraction of sp³-hybridized carbons (Fsp3) is 0.111. The number of nitrogens with zero attached hydrogens (tertiary/aromatic N) is 2. The van der Waals surface area contributed by atoms with Gasteiger partial charge in [-0.15, -0.1) is 0 Å². The summed E-state index contributed by atoms with van der Waals surface area (Å²) >= 11 is 13.6. The third kappa shape index (κ3) is 4.39. The molecule has 1 aliphatic rings. The van der Waals surface area contributed by atoms with E-state index in [9.17, 15) is 4.79 Å². The molecule has 1 fully saturated rings. The fourth-order valence-corrected chi connectivity index (χ4v) is 5.17. The number of benzene rings is 3. The number of fused-ring (bicyclic) bond motifs is 1. The zero-order valence-electron chi connectivity index (χ0n) is 18.6. The van der Waals surface area contributed by atoms with Crippen LogP contribution >= 0.6 is 35.0 Å². The molecule has 5 rings (SSSR count). The van der Waals surface area contributed by atoms with Crippen LogP contribution < -0.4 is 5.32 Å². The Morgan fingerprint density at radius 3 is 2.56 bits per heavy atom. The number of thioether (sulfide) groups is 1. The minimum Gasteiger partial charge on any atom is -0.340 e. The molecule has 1 aromatic heterocycles. The van der Waals surface area contributed by atoms with Crippen molar-refractivity contribution in [2.75, 3.05) is 0 Å². The highest BCUT2D eigenvalue weighted by molar-refractivity contribution is 8.18. The molecular weight excluding hydrogens is 485 g/mol. The Hall–Kier alpha value is -2.99. The van der Waals surface area contributed by atoms with Crippen molar-refractivity contribution in [3.05, 3.63) is 104 Å². The summed E-state index contributed by atoms with van der Waals surface area (Å²) in [5, 5.41) is 5.90. The van der Waals surface area contributed by atoms with Gasteiger partial charge in [-0.05, 0) is 73.1 Å². The number of hydrogen-bond donors (Lipinski definition) is 1. The van der Waals surface area contributed by atoms with Crippen molar-refractivity contribution in [3.8, 4) is 0 Å². The third-order valence-corrected chi connectivity index (χ3v) is 7.49. The number of aromatic nitrogens is 1. The molecule has 1 aliphatic heterocycles. The summed E-state index contributed by atoms with van der Waals surface area (Å²) in [6, 6.07) is 21.7. The highest BCUT2D eigenvalue weighted by Gasteiger charge is 2.25. The molecule has 0 radical (unpaired) electrons. The molecular formula is C27H21Cl2N3OS. The number of halogens is 2. The van der Waals surface area contributed by atoms with Crippen molar-refractivity contribution in [1.82, 2.24) is 9.88 Å². The van der Waals surface area contributed by atoms with Gasteiger partial charge in [-0.1, -0.05) is 59.6 Å². The second kappa shape index (κ2) is 9.34. The number of carbonyl (C=O) groups excluding carboxylic acids is 1. The van der Waals surface area contributed by atoms with Crippen molar-refractivity contribution in [2.24, 2.45) is 4.99 Å². The minimum atomic E-state index is -0.155. The lowest BCUT2D eigenvalue weighted by Crippen LogP contribution is -2.19. The van der Waals surface area contributed by atoms with Crippen LogP contribution in [-0.4, -0.2) is 15.6 Å². The lowest BCUT2D eigenvalue weighted by Gasteiger charge is -2.09. The Bertz CT molecular complexity index is 1490. The monoisotopic (exact) mass is 505 g/mol. The first-order chi connectivity index (χ1) is 16.4. The largest absolute Gasteiger partial charge is 0.340 e. The summed E-state index contributed by atoms with van der Waals surface area (Å²) < 4.78 is 2.27. The van der Waals surface area contributed by atoms with Crippen LogP contribution in [-0.2, 0) is 11.3 Å². The van der Waals surface area contributed by atoms with Crippen molar-refractivity contribution >= 4 is 68.7 Å². The van der Waals surface area contributed by atoms with Crippen molar-refractivity contribution in [1.29, 1.82) is 0 Å². The molecule has 34 heavy (non-hydrogen) atoms. The van der Waals surface area contributed by atoms with Crippen molar-refractivity contribution in [2.45, 2.75) is 20.4 Å². The lowest BCUT2D eigenvalue weighted by molar-refractivity contribution is -0.115. The zero-order valence-corrected chi connectivity index (χ0v) is 20.9. The second-order valence-corrected chi connectivity index (χ2v) is 9.97. The van der Waals surface area contributed by atoms with E-state index in [1.807, 2.05) is 67.6 Å². The molecule has 170 valence electrons. The first-order valence-electron chi connectivity index (χ1n) is 10.8. The van der Waals surface area contributed by atoms with Gasteiger partial charge in [0.05, 0.1) is 10.6 Å². The van der Waals surface area contributed by atoms with Gasteiger partial charge in [0.25, 0.3) is 5.91 Å². The normalized spacial score (nSPS) is 16.1. The number of carbonyl (C=O) groups is 1. The Morgan fingerprint density at radius 1 is 1.00 bits per heavy atom. The predicted octanol–water partition coefficient (Wildman–Crippen LogP) is 7.50. The third-order valence-electron chi connectivity index (χ3n) is 5.92. The molecule has 0 bridgehead atoms. The lowest BCUT2D eigenvalue weighted by atomic mass is 10.1. The molecule has 2 heterocycles. The second-order valence-electron chi connectivity index (χ2n) is 8.09. The van der Waals surface area contributed by atoms with E-state index >= 15 is 0 Å². The average molecular weight is 506 g/mol. The molecule has 0 atom stereocenters. The number of rotatable bonds is 4. The number of nitrogens with one attached hydrogen (secondary N) is 1. The summed E-state index contributed by atoms with van der Waals surface area (Å²) in [6.45, 7) is 4.72. The van der Waals surface area contributed by atoms with Crippen LogP contribution in [0.15, 0.2) is 76.6 Å². The number of amidine groups is 1. The van der Waals surface area contributed by atoms with Crippen molar-refractivity contribution in [3.63, 3.8) is 0 Å². The first kappa shape index (κ1) is 22.8. The maximum Gasteiger partial charge on any atom is 0.264 e. The maximum absolute atomic E-state index is 12.8. The first-order valence-corrected chi connectivity index (χ1v) is 12.3. The van der Waals surface area contributed by atoms with Gasteiger partial charge in [0, 0.05) is 38.8 Å². The van der Waals surface area contributed by atoms with Gasteiger partial charge in [0.15, 0.2) is 5.17 Å². The predicted molar refractivity (Wildman–Crippen MR) is 144 cm³/mol. The average Bonchev–Trinajstić information content (AvgIpc) is 3.30. The number of amides is 1. The topological polar surface area (TPSA) is 46.4 Å². The van der Waals surface area contributed by atoms with Crippen LogP contribution in [0, 0.1) is 13.8 Å². The van der Waals surface area contributed by atoms with Gasteiger partial charge in [0.2, 0.25) is 0 Å². The zero-order chi connectivity index (χ0) is 23.8. The summed E-state index contributed by atoms with van der Waals surface area (Å²) in [5.41, 5.74) is 6.02. The van der Waals surface area contributed by atoms with E-state index in [-0.39, 0.29) is 5.91 Å². The smallest absolute Gasteiger partial charge is 0.264 e.